The smallest absolute Gasteiger partial charge is 0.243 e. The van der Waals surface area contributed by atoms with Crippen LogP contribution < -0.4 is 0 Å². The van der Waals surface area contributed by atoms with E-state index in [2.05, 4.69) is 9.98 Å². The van der Waals surface area contributed by atoms with Crippen molar-refractivity contribution in [3.05, 3.63) is 12.2 Å². The van der Waals surface area contributed by atoms with E-state index in [-0.39, 0.29) is 11.8 Å². The number of fused-ring (bicyclic) bond motifs is 1. The van der Waals surface area contributed by atoms with Crippen LogP contribution in [0.2, 0.25) is 0 Å². The Kier molecular flexibility index (Phi) is 3.44. The fraction of sp³-hybridized carbons (Fsp3) is 0.455. The van der Waals surface area contributed by atoms with Gasteiger partial charge in [0.25, 0.3) is 0 Å². The molecule has 0 saturated heterocycles. The third kappa shape index (κ3) is 2.48. The number of carbonyl (C=O) groups excluding carboxylic acids is 1. The minimum atomic E-state index is -0.367. The fourth-order valence-corrected chi connectivity index (χ4v) is 1.94. The Bertz CT molecular complexity index is 439. The summed E-state index contributed by atoms with van der Waals surface area (Å²) >= 11 is 5.13. The lowest BCUT2D eigenvalue weighted by Gasteiger charge is -2.30. The molecule has 1 amide bonds. The summed E-state index contributed by atoms with van der Waals surface area (Å²) in [6.07, 6.45) is 5.19. The number of allylic oxidation sites excluding steroid dienone is 1. The quantitative estimate of drug-likeness (QED) is 0.678. The van der Waals surface area contributed by atoms with Crippen LogP contribution >= 0.6 is 12.2 Å². The lowest BCUT2D eigenvalue weighted by molar-refractivity contribution is -0.128. The van der Waals surface area contributed by atoms with E-state index in [1.807, 2.05) is 19.0 Å². The predicted molar refractivity (Wildman–Crippen MR) is 71.4 cm³/mol. The van der Waals surface area contributed by atoms with Crippen LogP contribution in [0.25, 0.3) is 0 Å². The van der Waals surface area contributed by atoms with Gasteiger partial charge in [-0.3, -0.25) is 9.69 Å². The number of amides is 1. The number of nitrogens with zero attached hydrogens (tertiary/aromatic N) is 4. The third-order valence-corrected chi connectivity index (χ3v) is 2.93. The molecule has 90 valence electrons. The van der Waals surface area contributed by atoms with Crippen molar-refractivity contribution in [2.45, 2.75) is 0 Å². The van der Waals surface area contributed by atoms with Crippen LogP contribution in [0.15, 0.2) is 22.1 Å². The zero-order valence-electron chi connectivity index (χ0n) is 9.83. The molecule has 0 aliphatic carbocycles. The Morgan fingerprint density at radius 2 is 2.29 bits per heavy atom. The van der Waals surface area contributed by atoms with E-state index < -0.39 is 0 Å². The van der Waals surface area contributed by atoms with Crippen molar-refractivity contribution in [3.8, 4) is 0 Å². The molecule has 1 unspecified atom stereocenters. The standard InChI is InChI=1S/C11H14N4OS/c1-14(2)6-7-15-10(16)8-4-3-5-12-9(8)13-11(15)17/h3-5,8H,6-7H2,1-2H3. The summed E-state index contributed by atoms with van der Waals surface area (Å²) in [4.78, 5) is 24.0. The first-order chi connectivity index (χ1) is 8.09. The molecule has 2 aliphatic heterocycles. The van der Waals surface area contributed by atoms with Gasteiger partial charge in [-0.1, -0.05) is 6.08 Å². The molecule has 0 fully saturated rings. The molecular weight excluding hydrogens is 236 g/mol. The molecular formula is C11H14N4OS. The molecule has 0 N–H and O–H groups in total. The summed E-state index contributed by atoms with van der Waals surface area (Å²) < 4.78 is 0. The molecule has 0 aromatic heterocycles. The number of hydrogen-bond acceptors (Lipinski definition) is 4. The highest BCUT2D eigenvalue weighted by atomic mass is 32.1. The maximum atomic E-state index is 12.2. The van der Waals surface area contributed by atoms with Gasteiger partial charge in [-0.05, 0) is 32.4 Å². The maximum absolute atomic E-state index is 12.2. The second kappa shape index (κ2) is 4.85. The van der Waals surface area contributed by atoms with Crippen molar-refractivity contribution in [1.82, 2.24) is 9.80 Å². The molecule has 0 radical (unpaired) electrons. The van der Waals surface area contributed by atoms with Crippen molar-refractivity contribution in [3.63, 3.8) is 0 Å². The van der Waals surface area contributed by atoms with Gasteiger partial charge in [0.15, 0.2) is 0 Å². The van der Waals surface area contributed by atoms with Crippen LogP contribution in [0, 0.1) is 5.92 Å². The second-order valence-electron chi connectivity index (χ2n) is 4.19. The van der Waals surface area contributed by atoms with E-state index in [0.29, 0.717) is 17.5 Å². The molecule has 0 aromatic carbocycles. The van der Waals surface area contributed by atoms with Crippen molar-refractivity contribution >= 4 is 35.3 Å². The summed E-state index contributed by atoms with van der Waals surface area (Å²) in [7, 11) is 3.91. The van der Waals surface area contributed by atoms with E-state index in [9.17, 15) is 4.79 Å². The highest BCUT2D eigenvalue weighted by Gasteiger charge is 2.34. The maximum Gasteiger partial charge on any atom is 0.243 e. The number of amidine groups is 1. The number of aliphatic imine (C=N–C) groups is 2. The van der Waals surface area contributed by atoms with Crippen molar-refractivity contribution < 1.29 is 4.79 Å². The number of dihydropyridines is 1. The minimum absolute atomic E-state index is 0.0325. The van der Waals surface area contributed by atoms with Crippen molar-refractivity contribution in [2.24, 2.45) is 15.9 Å². The molecule has 1 atom stereocenters. The Morgan fingerprint density at radius 1 is 1.53 bits per heavy atom. The van der Waals surface area contributed by atoms with E-state index in [4.69, 9.17) is 12.2 Å². The van der Waals surface area contributed by atoms with Gasteiger partial charge in [-0.15, -0.1) is 0 Å². The Labute approximate surface area is 106 Å². The summed E-state index contributed by atoms with van der Waals surface area (Å²) in [5.74, 6) is 0.104. The number of carbonyl (C=O) groups is 1. The Morgan fingerprint density at radius 3 is 3.00 bits per heavy atom. The monoisotopic (exact) mass is 250 g/mol. The summed E-state index contributed by atoms with van der Waals surface area (Å²) in [6.45, 7) is 1.33. The lowest BCUT2D eigenvalue weighted by atomic mass is 10.0. The Balaban J connectivity index is 2.17. The molecule has 0 aromatic rings. The summed E-state index contributed by atoms with van der Waals surface area (Å²) in [5.41, 5.74) is 0. The first-order valence-corrected chi connectivity index (χ1v) is 5.80. The van der Waals surface area contributed by atoms with Crippen LogP contribution in [-0.2, 0) is 4.79 Å². The largest absolute Gasteiger partial charge is 0.308 e. The molecule has 17 heavy (non-hydrogen) atoms. The van der Waals surface area contributed by atoms with E-state index in [1.54, 1.807) is 23.3 Å². The predicted octanol–water partition coefficient (Wildman–Crippen LogP) is 0.330. The van der Waals surface area contributed by atoms with Crippen molar-refractivity contribution in [1.29, 1.82) is 0 Å². The molecule has 0 saturated carbocycles. The van der Waals surface area contributed by atoms with E-state index in [0.717, 1.165) is 6.54 Å². The average Bonchev–Trinajstić information content (AvgIpc) is 2.28. The molecule has 2 heterocycles. The van der Waals surface area contributed by atoms with Gasteiger partial charge in [-0.25, -0.2) is 9.98 Å². The normalized spacial score (nSPS) is 23.1. The van der Waals surface area contributed by atoms with Gasteiger partial charge >= 0.3 is 0 Å². The Hall–Kier alpha value is -1.40. The summed E-state index contributed by atoms with van der Waals surface area (Å²) in [6, 6.07) is 0. The van der Waals surface area contributed by atoms with Crippen molar-refractivity contribution in [2.75, 3.05) is 27.2 Å². The SMILES string of the molecule is CN(C)CCN1C(=O)C2C=CC=NC2=NC1=S. The van der Waals surface area contributed by atoms with E-state index in [1.165, 1.54) is 0 Å². The van der Waals surface area contributed by atoms with Gasteiger partial charge in [0.1, 0.15) is 11.8 Å². The second-order valence-corrected chi connectivity index (χ2v) is 4.55. The number of thiocarbonyl (C=S) groups is 1. The zero-order chi connectivity index (χ0) is 12.4. The third-order valence-electron chi connectivity index (χ3n) is 2.62. The highest BCUT2D eigenvalue weighted by molar-refractivity contribution is 7.80. The molecule has 0 bridgehead atoms. The van der Waals surface area contributed by atoms with Crippen LogP contribution in [0.3, 0.4) is 0 Å². The highest BCUT2D eigenvalue weighted by Crippen LogP contribution is 2.18. The van der Waals surface area contributed by atoms with Crippen LogP contribution in [0.1, 0.15) is 0 Å². The van der Waals surface area contributed by atoms with Gasteiger partial charge in [0, 0.05) is 19.3 Å². The molecule has 5 nitrogen and oxygen atoms in total. The number of rotatable bonds is 3. The van der Waals surface area contributed by atoms with Gasteiger partial charge < -0.3 is 4.90 Å². The van der Waals surface area contributed by atoms with Gasteiger partial charge in [-0.2, -0.15) is 0 Å². The molecule has 6 heteroatoms. The van der Waals surface area contributed by atoms with Crippen LogP contribution in [0.5, 0.6) is 0 Å². The number of hydrogen-bond donors (Lipinski definition) is 0. The fourth-order valence-electron chi connectivity index (χ4n) is 1.66. The molecule has 2 aliphatic rings. The van der Waals surface area contributed by atoms with Crippen LogP contribution in [-0.4, -0.2) is 60.1 Å². The number of likely N-dealkylation sites (N-methyl/N-ethyl adjacent to an activating group) is 1. The molecule has 0 spiro atoms. The lowest BCUT2D eigenvalue weighted by Crippen LogP contribution is -2.48. The zero-order valence-corrected chi connectivity index (χ0v) is 10.6. The van der Waals surface area contributed by atoms with E-state index >= 15 is 0 Å². The average molecular weight is 250 g/mol. The topological polar surface area (TPSA) is 48.3 Å². The van der Waals surface area contributed by atoms with Gasteiger partial charge in [0.05, 0.1) is 0 Å². The summed E-state index contributed by atoms with van der Waals surface area (Å²) in [5, 5.41) is 0.315. The first kappa shape index (κ1) is 12.1. The molecule has 2 rings (SSSR count). The minimum Gasteiger partial charge on any atom is -0.308 e. The first-order valence-electron chi connectivity index (χ1n) is 5.39. The van der Waals surface area contributed by atoms with Crippen LogP contribution in [0.4, 0.5) is 0 Å². The van der Waals surface area contributed by atoms with Gasteiger partial charge in [0.2, 0.25) is 11.0 Å².